The number of pyridine rings is 1. The van der Waals surface area contributed by atoms with E-state index in [1.54, 1.807) is 10.8 Å². The van der Waals surface area contributed by atoms with E-state index in [4.69, 9.17) is 9.90 Å². The number of carboxylic acids is 1. The summed E-state index contributed by atoms with van der Waals surface area (Å²) in [5.74, 6) is -1.65. The van der Waals surface area contributed by atoms with E-state index in [-0.39, 0.29) is 0 Å². The number of halogens is 3. The van der Waals surface area contributed by atoms with Gasteiger partial charge in [-0.2, -0.15) is 13.2 Å². The average Bonchev–Trinajstić information content (AvgIpc) is 2.35. The molecular formula is C10H13F3N2O2S2. The molecule has 0 fully saturated rings. The number of hydrogen-bond acceptors (Lipinski definition) is 5. The van der Waals surface area contributed by atoms with Crippen molar-refractivity contribution in [2.24, 2.45) is 0 Å². The summed E-state index contributed by atoms with van der Waals surface area (Å²) >= 11 is 0. The van der Waals surface area contributed by atoms with E-state index in [0.717, 1.165) is 17.3 Å². The van der Waals surface area contributed by atoms with Crippen LogP contribution in [0.25, 0.3) is 0 Å². The van der Waals surface area contributed by atoms with Crippen molar-refractivity contribution in [1.29, 1.82) is 0 Å². The molecule has 1 aromatic rings. The normalized spacial score (nSPS) is 10.5. The molecule has 19 heavy (non-hydrogen) atoms. The Kier molecular flexibility index (Phi) is 9.44. The Labute approximate surface area is 116 Å². The molecule has 9 heteroatoms. The quantitative estimate of drug-likeness (QED) is 0.643. The van der Waals surface area contributed by atoms with E-state index >= 15 is 0 Å². The smallest absolute Gasteiger partial charge is 0.475 e. The van der Waals surface area contributed by atoms with Gasteiger partial charge < -0.3 is 10.4 Å². The minimum Gasteiger partial charge on any atom is -0.475 e. The Bertz CT molecular complexity index is 364. The Morgan fingerprint density at radius 3 is 2.53 bits per heavy atom. The van der Waals surface area contributed by atoms with Crippen LogP contribution in [-0.4, -0.2) is 41.6 Å². The van der Waals surface area contributed by atoms with E-state index in [0.29, 0.717) is 0 Å². The summed E-state index contributed by atoms with van der Waals surface area (Å²) in [7, 11) is 5.51. The van der Waals surface area contributed by atoms with Crippen LogP contribution in [0.4, 0.5) is 13.2 Å². The first kappa shape index (κ1) is 18.1. The number of aromatic nitrogens is 1. The molecule has 0 amide bonds. The number of nitrogens with one attached hydrogen (secondary N) is 1. The van der Waals surface area contributed by atoms with Crippen LogP contribution in [0.5, 0.6) is 0 Å². The molecular weight excluding hydrogens is 301 g/mol. The molecule has 0 aliphatic heterocycles. The number of alkyl halides is 3. The summed E-state index contributed by atoms with van der Waals surface area (Å²) in [6.07, 6.45) is -3.26. The zero-order chi connectivity index (χ0) is 14.7. The van der Waals surface area contributed by atoms with Gasteiger partial charge in [0.05, 0.1) is 0 Å². The van der Waals surface area contributed by atoms with Crippen molar-refractivity contribution in [3.8, 4) is 0 Å². The molecule has 0 aliphatic rings. The molecule has 108 valence electrons. The van der Waals surface area contributed by atoms with Gasteiger partial charge >= 0.3 is 12.1 Å². The lowest BCUT2D eigenvalue weighted by atomic mass is 10.5. The number of hydrogen-bond donors (Lipinski definition) is 2. The van der Waals surface area contributed by atoms with E-state index in [1.807, 2.05) is 42.2 Å². The first-order valence-corrected chi connectivity index (χ1v) is 7.35. The third-order valence-corrected chi connectivity index (χ3v) is 3.73. The molecule has 0 spiro atoms. The maximum Gasteiger partial charge on any atom is 0.490 e. The minimum absolute atomic E-state index is 1.05. The lowest BCUT2D eigenvalue weighted by Gasteiger charge is -1.98. The van der Waals surface area contributed by atoms with Gasteiger partial charge in [0.2, 0.25) is 0 Å². The highest BCUT2D eigenvalue weighted by Gasteiger charge is 2.38. The van der Waals surface area contributed by atoms with Crippen LogP contribution in [0.3, 0.4) is 0 Å². The second kappa shape index (κ2) is 9.93. The molecule has 0 saturated carbocycles. The molecule has 0 atom stereocenters. The molecule has 1 aromatic heterocycles. The van der Waals surface area contributed by atoms with Gasteiger partial charge in [0.15, 0.2) is 0 Å². The van der Waals surface area contributed by atoms with Crippen LogP contribution in [0.15, 0.2) is 29.4 Å². The predicted molar refractivity (Wildman–Crippen MR) is 70.2 cm³/mol. The van der Waals surface area contributed by atoms with Crippen LogP contribution in [0.2, 0.25) is 0 Å². The van der Waals surface area contributed by atoms with E-state index < -0.39 is 12.1 Å². The molecule has 1 rings (SSSR count). The van der Waals surface area contributed by atoms with Crippen molar-refractivity contribution >= 4 is 27.6 Å². The molecule has 2 N–H and O–H groups in total. The summed E-state index contributed by atoms with van der Waals surface area (Å²) in [5, 5.41) is 11.3. The SMILES string of the molecule is CNCCSSc1ccccn1.O=C(O)C(F)(F)F. The van der Waals surface area contributed by atoms with Crippen LogP contribution in [0, 0.1) is 0 Å². The Morgan fingerprint density at radius 1 is 1.47 bits per heavy atom. The summed E-state index contributed by atoms with van der Waals surface area (Å²) < 4.78 is 31.7. The number of rotatable bonds is 5. The summed E-state index contributed by atoms with van der Waals surface area (Å²) in [5.41, 5.74) is 0. The van der Waals surface area contributed by atoms with Crippen LogP contribution >= 0.6 is 21.6 Å². The van der Waals surface area contributed by atoms with Gasteiger partial charge in [0.1, 0.15) is 5.03 Å². The van der Waals surface area contributed by atoms with Crippen molar-refractivity contribution < 1.29 is 23.1 Å². The van der Waals surface area contributed by atoms with Gasteiger partial charge in [0, 0.05) is 18.5 Å². The van der Waals surface area contributed by atoms with Gasteiger partial charge in [-0.05, 0) is 30.0 Å². The van der Waals surface area contributed by atoms with Crippen molar-refractivity contribution in [3.63, 3.8) is 0 Å². The largest absolute Gasteiger partial charge is 0.490 e. The Hall–Kier alpha value is -0.930. The van der Waals surface area contributed by atoms with Gasteiger partial charge in [0.25, 0.3) is 0 Å². The van der Waals surface area contributed by atoms with Crippen molar-refractivity contribution in [3.05, 3.63) is 24.4 Å². The third kappa shape index (κ3) is 10.7. The van der Waals surface area contributed by atoms with Gasteiger partial charge in [-0.1, -0.05) is 16.9 Å². The maximum atomic E-state index is 10.6. The van der Waals surface area contributed by atoms with Crippen molar-refractivity contribution in [1.82, 2.24) is 10.3 Å². The lowest BCUT2D eigenvalue weighted by Crippen LogP contribution is -2.21. The zero-order valence-corrected chi connectivity index (χ0v) is 11.6. The fraction of sp³-hybridized carbons (Fsp3) is 0.400. The van der Waals surface area contributed by atoms with Crippen molar-refractivity contribution in [2.45, 2.75) is 11.2 Å². The molecule has 0 radical (unpaired) electrons. The molecule has 0 unspecified atom stereocenters. The molecule has 0 aromatic carbocycles. The van der Waals surface area contributed by atoms with Crippen LogP contribution in [0.1, 0.15) is 0 Å². The fourth-order valence-electron chi connectivity index (χ4n) is 0.642. The van der Waals surface area contributed by atoms with Gasteiger partial charge in [-0.3, -0.25) is 0 Å². The maximum absolute atomic E-state index is 10.6. The highest BCUT2D eigenvalue weighted by atomic mass is 33.1. The molecule has 0 aliphatic carbocycles. The molecule has 0 bridgehead atoms. The summed E-state index contributed by atoms with van der Waals surface area (Å²) in [6, 6.07) is 5.97. The Morgan fingerprint density at radius 2 is 2.11 bits per heavy atom. The van der Waals surface area contributed by atoms with Crippen molar-refractivity contribution in [2.75, 3.05) is 19.3 Å². The molecule has 1 heterocycles. The topological polar surface area (TPSA) is 62.2 Å². The van der Waals surface area contributed by atoms with Gasteiger partial charge in [-0.15, -0.1) is 0 Å². The second-order valence-corrected chi connectivity index (χ2v) is 5.42. The number of carboxylic acid groups (broad SMARTS) is 1. The predicted octanol–water partition coefficient (Wildman–Crippen LogP) is 2.67. The monoisotopic (exact) mass is 314 g/mol. The lowest BCUT2D eigenvalue weighted by molar-refractivity contribution is -0.192. The third-order valence-electron chi connectivity index (χ3n) is 1.46. The summed E-state index contributed by atoms with van der Waals surface area (Å²) in [4.78, 5) is 13.1. The average molecular weight is 314 g/mol. The number of nitrogens with zero attached hydrogens (tertiary/aromatic N) is 1. The summed E-state index contributed by atoms with van der Waals surface area (Å²) in [6.45, 7) is 1.05. The Balaban J connectivity index is 0.000000399. The molecule has 4 nitrogen and oxygen atoms in total. The highest BCUT2D eigenvalue weighted by Crippen LogP contribution is 2.27. The van der Waals surface area contributed by atoms with E-state index in [1.165, 1.54) is 0 Å². The van der Waals surface area contributed by atoms with Crippen LogP contribution < -0.4 is 5.32 Å². The fourth-order valence-corrected chi connectivity index (χ4v) is 2.53. The zero-order valence-electron chi connectivity index (χ0n) is 9.98. The number of carbonyl (C=O) groups is 1. The van der Waals surface area contributed by atoms with E-state index in [2.05, 4.69) is 10.3 Å². The highest BCUT2D eigenvalue weighted by molar-refractivity contribution is 8.76. The second-order valence-electron chi connectivity index (χ2n) is 2.98. The standard InChI is InChI=1S/C8H12N2S2.C2HF3O2/c1-9-6-7-11-12-8-4-2-3-5-10-8;3-2(4,5)1(6)7/h2-5,9H,6-7H2,1H3;(H,6,7). The van der Waals surface area contributed by atoms with Crippen LogP contribution in [-0.2, 0) is 4.79 Å². The minimum atomic E-state index is -5.08. The van der Waals surface area contributed by atoms with Gasteiger partial charge in [-0.25, -0.2) is 9.78 Å². The number of aliphatic carboxylic acids is 1. The van der Waals surface area contributed by atoms with E-state index in [9.17, 15) is 13.2 Å². The first-order valence-electron chi connectivity index (χ1n) is 5.03. The molecule has 0 saturated heterocycles. The first-order chi connectivity index (χ1) is 8.88.